The molecule has 0 bridgehead atoms. The van der Waals surface area contributed by atoms with Crippen molar-refractivity contribution in [3.63, 3.8) is 0 Å². The van der Waals surface area contributed by atoms with Gasteiger partial charge in [0.25, 0.3) is 0 Å². The van der Waals surface area contributed by atoms with Gasteiger partial charge in [-0.2, -0.15) is 0 Å². The van der Waals surface area contributed by atoms with Gasteiger partial charge in [0.15, 0.2) is 0 Å². The number of carbonyl (C=O) groups is 1. The largest absolute Gasteiger partial charge is 0.354 e. The molecule has 0 spiro atoms. The van der Waals surface area contributed by atoms with Gasteiger partial charge in [-0.1, -0.05) is 37.3 Å². The van der Waals surface area contributed by atoms with Gasteiger partial charge >= 0.3 is 0 Å². The smallest absolute Gasteiger partial charge is 0.237 e. The fraction of sp³-hybridized carbons (Fsp3) is 0.562. The first kappa shape index (κ1) is 15.0. The van der Waals surface area contributed by atoms with Crippen LogP contribution in [0.1, 0.15) is 18.9 Å². The lowest BCUT2D eigenvalue weighted by Crippen LogP contribution is -2.43. The van der Waals surface area contributed by atoms with Crippen LogP contribution in [0.5, 0.6) is 0 Å². The maximum atomic E-state index is 12.0. The minimum atomic E-state index is -0.457. The second kappa shape index (κ2) is 7.41. The molecule has 1 unspecified atom stereocenters. The number of hydrogen-bond donors (Lipinski definition) is 2. The van der Waals surface area contributed by atoms with E-state index < -0.39 is 6.04 Å². The molecule has 0 aliphatic carbocycles. The number of rotatable bonds is 6. The van der Waals surface area contributed by atoms with Crippen LogP contribution in [0.15, 0.2) is 30.3 Å². The van der Waals surface area contributed by atoms with Crippen molar-refractivity contribution in [1.82, 2.24) is 10.2 Å². The normalized spacial score (nSPS) is 20.8. The Morgan fingerprint density at radius 1 is 1.45 bits per heavy atom. The third kappa shape index (κ3) is 4.32. The Hall–Kier alpha value is -1.39. The number of nitrogens with one attached hydrogen (secondary N) is 1. The van der Waals surface area contributed by atoms with Gasteiger partial charge in [0.2, 0.25) is 5.91 Å². The van der Waals surface area contributed by atoms with E-state index in [2.05, 4.69) is 17.1 Å². The third-order valence-corrected chi connectivity index (χ3v) is 4.02. The third-order valence-electron chi connectivity index (χ3n) is 4.02. The van der Waals surface area contributed by atoms with Gasteiger partial charge in [-0.3, -0.25) is 4.79 Å². The first-order valence-electron chi connectivity index (χ1n) is 7.48. The van der Waals surface area contributed by atoms with Crippen LogP contribution < -0.4 is 11.1 Å². The summed E-state index contributed by atoms with van der Waals surface area (Å²) < 4.78 is 0. The number of nitrogens with zero attached hydrogens (tertiary/aromatic N) is 1. The highest BCUT2D eigenvalue weighted by Crippen LogP contribution is 2.14. The molecule has 4 nitrogen and oxygen atoms in total. The van der Waals surface area contributed by atoms with Crippen LogP contribution in [0.25, 0.3) is 0 Å². The fourth-order valence-electron chi connectivity index (χ4n) is 2.70. The molecule has 3 N–H and O–H groups in total. The summed E-state index contributed by atoms with van der Waals surface area (Å²) in [6.45, 7) is 6.25. The zero-order valence-corrected chi connectivity index (χ0v) is 12.2. The van der Waals surface area contributed by atoms with Crippen LogP contribution in [-0.2, 0) is 11.2 Å². The molecule has 1 aliphatic heterocycles. The SMILES string of the molecule is CCN1CCC(CNC(=O)[C@H](N)Cc2ccccc2)C1. The molecule has 4 heteroatoms. The van der Waals surface area contributed by atoms with Gasteiger partial charge in [-0.15, -0.1) is 0 Å². The van der Waals surface area contributed by atoms with E-state index in [9.17, 15) is 4.79 Å². The van der Waals surface area contributed by atoms with Crippen LogP contribution in [0, 0.1) is 5.92 Å². The molecule has 0 aromatic heterocycles. The first-order chi connectivity index (χ1) is 9.69. The van der Waals surface area contributed by atoms with Crippen molar-refractivity contribution >= 4 is 5.91 Å². The molecule has 1 saturated heterocycles. The summed E-state index contributed by atoms with van der Waals surface area (Å²) in [6.07, 6.45) is 1.76. The Morgan fingerprint density at radius 2 is 2.20 bits per heavy atom. The summed E-state index contributed by atoms with van der Waals surface area (Å²) >= 11 is 0. The topological polar surface area (TPSA) is 58.4 Å². The van der Waals surface area contributed by atoms with E-state index in [1.54, 1.807) is 0 Å². The van der Waals surface area contributed by atoms with E-state index in [0.717, 1.165) is 31.7 Å². The number of carbonyl (C=O) groups excluding carboxylic acids is 1. The van der Waals surface area contributed by atoms with E-state index in [-0.39, 0.29) is 5.91 Å². The molecule has 20 heavy (non-hydrogen) atoms. The molecule has 1 amide bonds. The number of amides is 1. The van der Waals surface area contributed by atoms with Crippen molar-refractivity contribution in [2.75, 3.05) is 26.2 Å². The molecule has 110 valence electrons. The van der Waals surface area contributed by atoms with Crippen LogP contribution in [0.4, 0.5) is 0 Å². The number of nitrogens with two attached hydrogens (primary N) is 1. The summed E-state index contributed by atoms with van der Waals surface area (Å²) in [5, 5.41) is 3.00. The van der Waals surface area contributed by atoms with E-state index >= 15 is 0 Å². The lowest BCUT2D eigenvalue weighted by molar-refractivity contribution is -0.122. The monoisotopic (exact) mass is 275 g/mol. The Morgan fingerprint density at radius 3 is 2.85 bits per heavy atom. The van der Waals surface area contributed by atoms with Crippen molar-refractivity contribution in [2.45, 2.75) is 25.8 Å². The van der Waals surface area contributed by atoms with E-state index in [4.69, 9.17) is 5.73 Å². The lowest BCUT2D eigenvalue weighted by atomic mass is 10.1. The Labute approximate surface area is 121 Å². The first-order valence-corrected chi connectivity index (χ1v) is 7.48. The molecule has 1 heterocycles. The van der Waals surface area contributed by atoms with Crippen molar-refractivity contribution < 1.29 is 4.79 Å². The molecule has 1 fully saturated rings. The molecule has 1 aliphatic rings. The zero-order valence-electron chi connectivity index (χ0n) is 12.2. The molecule has 2 atom stereocenters. The molecule has 0 radical (unpaired) electrons. The van der Waals surface area contributed by atoms with E-state index in [1.165, 1.54) is 6.42 Å². The quantitative estimate of drug-likeness (QED) is 0.815. The van der Waals surface area contributed by atoms with Crippen molar-refractivity contribution in [1.29, 1.82) is 0 Å². The Balaban J connectivity index is 1.72. The van der Waals surface area contributed by atoms with Gasteiger partial charge in [-0.25, -0.2) is 0 Å². The molecular weight excluding hydrogens is 250 g/mol. The summed E-state index contributed by atoms with van der Waals surface area (Å²) in [7, 11) is 0. The van der Waals surface area contributed by atoms with Crippen LogP contribution >= 0.6 is 0 Å². The van der Waals surface area contributed by atoms with Crippen molar-refractivity contribution in [3.8, 4) is 0 Å². The fourth-order valence-corrected chi connectivity index (χ4v) is 2.70. The lowest BCUT2D eigenvalue weighted by Gasteiger charge is -2.16. The predicted octanol–water partition coefficient (Wildman–Crippen LogP) is 1.01. The molecule has 1 aromatic carbocycles. The second-order valence-corrected chi connectivity index (χ2v) is 5.59. The number of benzene rings is 1. The number of hydrogen-bond acceptors (Lipinski definition) is 3. The molecular formula is C16H25N3O. The zero-order chi connectivity index (χ0) is 14.4. The standard InChI is InChI=1S/C16H25N3O/c1-2-19-9-8-14(12-19)11-18-16(20)15(17)10-13-6-4-3-5-7-13/h3-7,14-15H,2,8-12,17H2,1H3,(H,18,20)/t14?,15-/m1/s1. The van der Waals surface area contributed by atoms with E-state index in [1.807, 2.05) is 30.3 Å². The van der Waals surface area contributed by atoms with Crippen LogP contribution in [0.3, 0.4) is 0 Å². The van der Waals surface area contributed by atoms with Gasteiger partial charge in [-0.05, 0) is 37.4 Å². The average molecular weight is 275 g/mol. The summed E-state index contributed by atoms with van der Waals surface area (Å²) in [6, 6.07) is 9.46. The van der Waals surface area contributed by atoms with Gasteiger partial charge < -0.3 is 16.0 Å². The molecule has 2 rings (SSSR count). The second-order valence-electron chi connectivity index (χ2n) is 5.59. The van der Waals surface area contributed by atoms with Crippen LogP contribution in [0.2, 0.25) is 0 Å². The predicted molar refractivity (Wildman–Crippen MR) is 81.4 cm³/mol. The Bertz CT molecular complexity index is 421. The average Bonchev–Trinajstić information content (AvgIpc) is 2.93. The summed E-state index contributed by atoms with van der Waals surface area (Å²) in [5.41, 5.74) is 7.07. The highest BCUT2D eigenvalue weighted by atomic mass is 16.2. The maximum absolute atomic E-state index is 12.0. The van der Waals surface area contributed by atoms with Crippen molar-refractivity contribution in [2.24, 2.45) is 11.7 Å². The highest BCUT2D eigenvalue weighted by molar-refractivity contribution is 5.81. The van der Waals surface area contributed by atoms with Gasteiger partial charge in [0.05, 0.1) is 6.04 Å². The van der Waals surface area contributed by atoms with E-state index in [0.29, 0.717) is 12.3 Å². The van der Waals surface area contributed by atoms with Gasteiger partial charge in [0, 0.05) is 13.1 Å². The summed E-state index contributed by atoms with van der Waals surface area (Å²) in [5.74, 6) is 0.534. The van der Waals surface area contributed by atoms with Crippen molar-refractivity contribution in [3.05, 3.63) is 35.9 Å². The minimum absolute atomic E-state index is 0.0381. The maximum Gasteiger partial charge on any atom is 0.237 e. The molecule has 1 aromatic rings. The highest BCUT2D eigenvalue weighted by Gasteiger charge is 2.22. The molecule has 0 saturated carbocycles. The van der Waals surface area contributed by atoms with Crippen LogP contribution in [-0.4, -0.2) is 43.0 Å². The Kier molecular flexibility index (Phi) is 5.56. The minimum Gasteiger partial charge on any atom is -0.354 e. The van der Waals surface area contributed by atoms with Gasteiger partial charge in [0.1, 0.15) is 0 Å². The number of likely N-dealkylation sites (tertiary alicyclic amines) is 1. The summed E-state index contributed by atoms with van der Waals surface area (Å²) in [4.78, 5) is 14.4.